The van der Waals surface area contributed by atoms with E-state index in [0.29, 0.717) is 11.6 Å². The number of esters is 1. The first-order valence-corrected chi connectivity index (χ1v) is 5.55. The van der Waals surface area contributed by atoms with Gasteiger partial charge in [-0.2, -0.15) is 0 Å². The summed E-state index contributed by atoms with van der Waals surface area (Å²) in [4.78, 5) is 18.1. The number of pyridine rings is 1. The molecule has 0 N–H and O–H groups in total. The molecule has 92 valence electrons. The smallest absolute Gasteiger partial charge is 0.340 e. The number of rotatable bonds is 4. The van der Waals surface area contributed by atoms with Crippen molar-refractivity contribution >= 4 is 12.0 Å². The van der Waals surface area contributed by atoms with Gasteiger partial charge in [-0.05, 0) is 42.0 Å². The summed E-state index contributed by atoms with van der Waals surface area (Å²) in [6, 6.07) is 3.77. The Morgan fingerprint density at radius 1 is 1.61 bits per heavy atom. The van der Waals surface area contributed by atoms with Crippen molar-refractivity contribution in [2.75, 3.05) is 7.11 Å². The minimum Gasteiger partial charge on any atom is -0.466 e. The van der Waals surface area contributed by atoms with Crippen LogP contribution in [0.25, 0.3) is 16.5 Å². The van der Waals surface area contributed by atoms with Crippen LogP contribution in [0.1, 0.15) is 30.0 Å². The van der Waals surface area contributed by atoms with Gasteiger partial charge in [-0.25, -0.2) is 4.79 Å². The van der Waals surface area contributed by atoms with E-state index in [2.05, 4.69) is 19.7 Å². The third kappa shape index (κ3) is 2.87. The van der Waals surface area contributed by atoms with Gasteiger partial charge in [0.2, 0.25) is 0 Å². The molecule has 0 radical (unpaired) electrons. The predicted molar refractivity (Wildman–Crippen MR) is 65.4 cm³/mol. The number of hydrogen-bond acceptors (Lipinski definition) is 4. The minimum atomic E-state index is -0.680. The van der Waals surface area contributed by atoms with Crippen molar-refractivity contribution in [2.24, 2.45) is 5.11 Å². The molecule has 0 saturated heterocycles. The number of carbonyl (C=O) groups is 1. The van der Waals surface area contributed by atoms with E-state index >= 15 is 0 Å². The normalized spacial score (nSPS) is 14.8. The average Bonchev–Trinajstić information content (AvgIpc) is 3.22. The predicted octanol–water partition coefficient (Wildman–Crippen LogP) is 2.78. The molecular weight excluding hydrogens is 232 g/mol. The number of aromatic nitrogens is 1. The molecule has 0 amide bonds. The summed E-state index contributed by atoms with van der Waals surface area (Å²) in [7, 11) is 1.23. The summed E-state index contributed by atoms with van der Waals surface area (Å²) in [6.07, 6.45) is 5.61. The average molecular weight is 244 g/mol. The zero-order valence-corrected chi connectivity index (χ0v) is 9.91. The van der Waals surface area contributed by atoms with Gasteiger partial charge in [0.15, 0.2) is 0 Å². The van der Waals surface area contributed by atoms with Crippen LogP contribution in [-0.4, -0.2) is 18.1 Å². The van der Waals surface area contributed by atoms with Crippen molar-refractivity contribution < 1.29 is 9.53 Å². The van der Waals surface area contributed by atoms with Crippen molar-refractivity contribution in [1.82, 2.24) is 4.98 Å². The lowest BCUT2D eigenvalue weighted by Gasteiger charge is -2.00. The molecule has 6 heteroatoms. The molecule has 0 spiro atoms. The first kappa shape index (κ1) is 12.1. The number of nitrogens with zero attached hydrogens (tertiary/aromatic N) is 4. The van der Waals surface area contributed by atoms with Crippen molar-refractivity contribution in [3.63, 3.8) is 0 Å². The van der Waals surface area contributed by atoms with E-state index in [1.165, 1.54) is 31.6 Å². The van der Waals surface area contributed by atoms with Gasteiger partial charge in [0.05, 0.1) is 12.8 Å². The molecule has 6 nitrogen and oxygen atoms in total. The third-order valence-electron chi connectivity index (χ3n) is 2.69. The van der Waals surface area contributed by atoms with E-state index in [0.717, 1.165) is 0 Å². The summed E-state index contributed by atoms with van der Waals surface area (Å²) in [6.45, 7) is 0. The van der Waals surface area contributed by atoms with Gasteiger partial charge < -0.3 is 4.74 Å². The van der Waals surface area contributed by atoms with Crippen molar-refractivity contribution in [2.45, 2.75) is 18.8 Å². The summed E-state index contributed by atoms with van der Waals surface area (Å²) in [5, 5.41) is 3.29. The van der Waals surface area contributed by atoms with Gasteiger partial charge in [-0.3, -0.25) is 4.98 Å². The van der Waals surface area contributed by atoms with Gasteiger partial charge in [0.25, 0.3) is 0 Å². The van der Waals surface area contributed by atoms with Crippen molar-refractivity contribution in [3.8, 4) is 0 Å². The molecule has 0 aliphatic heterocycles. The molecular formula is C12H12N4O2. The standard InChI is InChI=1S/C12H12N4O2/c1-18-12(17)11(15-16-13)6-10-5-4-9(7-14-10)8-2-3-8/h4-8H,2-3H2,1H3. The van der Waals surface area contributed by atoms with Crippen LogP contribution in [-0.2, 0) is 9.53 Å². The molecule has 1 aliphatic rings. The number of azide groups is 1. The van der Waals surface area contributed by atoms with Gasteiger partial charge in [-0.15, -0.1) is 0 Å². The summed E-state index contributed by atoms with van der Waals surface area (Å²) in [5.74, 6) is -0.0476. The fraction of sp³-hybridized carbons (Fsp3) is 0.333. The Kier molecular flexibility index (Phi) is 3.60. The van der Waals surface area contributed by atoms with Gasteiger partial charge in [0, 0.05) is 11.1 Å². The zero-order valence-electron chi connectivity index (χ0n) is 9.91. The highest BCUT2D eigenvalue weighted by Crippen LogP contribution is 2.39. The Hall–Kier alpha value is -2.33. The van der Waals surface area contributed by atoms with Gasteiger partial charge >= 0.3 is 5.97 Å². The van der Waals surface area contributed by atoms with Crippen LogP contribution >= 0.6 is 0 Å². The Bertz CT molecular complexity index is 526. The Morgan fingerprint density at radius 3 is 2.89 bits per heavy atom. The first-order valence-electron chi connectivity index (χ1n) is 5.55. The summed E-state index contributed by atoms with van der Waals surface area (Å²) >= 11 is 0. The second kappa shape index (κ2) is 5.33. The molecule has 0 bridgehead atoms. The van der Waals surface area contributed by atoms with E-state index in [1.54, 1.807) is 12.3 Å². The number of ether oxygens (including phenoxy) is 1. The van der Waals surface area contributed by atoms with Crippen LogP contribution in [0.15, 0.2) is 29.1 Å². The monoisotopic (exact) mass is 244 g/mol. The van der Waals surface area contributed by atoms with E-state index in [1.807, 2.05) is 6.07 Å². The van der Waals surface area contributed by atoms with Crippen LogP contribution < -0.4 is 0 Å². The lowest BCUT2D eigenvalue weighted by Crippen LogP contribution is -2.02. The first-order chi connectivity index (χ1) is 8.74. The molecule has 1 saturated carbocycles. The summed E-state index contributed by atoms with van der Waals surface area (Å²) < 4.78 is 4.51. The highest BCUT2D eigenvalue weighted by molar-refractivity contribution is 5.92. The van der Waals surface area contributed by atoms with Crippen LogP contribution in [0.5, 0.6) is 0 Å². The van der Waals surface area contributed by atoms with Crippen molar-refractivity contribution in [3.05, 3.63) is 45.7 Å². The number of carbonyl (C=O) groups excluding carboxylic acids is 1. The van der Waals surface area contributed by atoms with E-state index in [4.69, 9.17) is 5.53 Å². The van der Waals surface area contributed by atoms with E-state index in [-0.39, 0.29) is 5.70 Å². The highest BCUT2D eigenvalue weighted by Gasteiger charge is 2.23. The zero-order chi connectivity index (χ0) is 13.0. The fourth-order valence-corrected chi connectivity index (χ4v) is 1.58. The second-order valence-electron chi connectivity index (χ2n) is 4.00. The topological polar surface area (TPSA) is 88.0 Å². The Labute approximate surface area is 104 Å². The second-order valence-corrected chi connectivity index (χ2v) is 4.00. The van der Waals surface area contributed by atoms with Gasteiger partial charge in [0.1, 0.15) is 5.70 Å². The lowest BCUT2D eigenvalue weighted by molar-refractivity contribution is -0.136. The maximum atomic E-state index is 11.3. The molecule has 1 aromatic rings. The maximum Gasteiger partial charge on any atom is 0.340 e. The SMILES string of the molecule is COC(=O)C(=Cc1ccc(C2CC2)cn1)N=[N+]=[N-]. The Morgan fingerprint density at radius 2 is 2.39 bits per heavy atom. The third-order valence-corrected chi connectivity index (χ3v) is 2.69. The van der Waals surface area contributed by atoms with E-state index < -0.39 is 5.97 Å². The van der Waals surface area contributed by atoms with Gasteiger partial charge in [-0.1, -0.05) is 11.2 Å². The molecule has 1 heterocycles. The molecule has 1 fully saturated rings. The minimum absolute atomic E-state index is 0.105. The largest absolute Gasteiger partial charge is 0.466 e. The fourth-order valence-electron chi connectivity index (χ4n) is 1.58. The maximum absolute atomic E-state index is 11.3. The molecule has 0 unspecified atom stereocenters. The van der Waals surface area contributed by atoms with Crippen LogP contribution in [0.2, 0.25) is 0 Å². The quantitative estimate of drug-likeness (QED) is 0.268. The molecule has 0 aromatic carbocycles. The molecule has 1 aliphatic carbocycles. The number of methoxy groups -OCH3 is 1. The highest BCUT2D eigenvalue weighted by atomic mass is 16.5. The van der Waals surface area contributed by atoms with Crippen LogP contribution in [0.4, 0.5) is 0 Å². The number of hydrogen-bond donors (Lipinski definition) is 0. The molecule has 2 rings (SSSR count). The van der Waals surface area contributed by atoms with E-state index in [9.17, 15) is 4.79 Å². The Balaban J connectivity index is 2.22. The summed E-state index contributed by atoms with van der Waals surface area (Å²) in [5.41, 5.74) is 10.0. The van der Waals surface area contributed by atoms with Crippen molar-refractivity contribution in [1.29, 1.82) is 0 Å². The molecule has 18 heavy (non-hydrogen) atoms. The lowest BCUT2D eigenvalue weighted by atomic mass is 10.2. The molecule has 1 aromatic heterocycles. The molecule has 0 atom stereocenters. The van der Waals surface area contributed by atoms with Crippen LogP contribution in [0, 0.1) is 0 Å². The van der Waals surface area contributed by atoms with Crippen LogP contribution in [0.3, 0.4) is 0 Å².